The number of aromatic amines is 1. The fourth-order valence-corrected chi connectivity index (χ4v) is 5.34. The molecule has 0 spiro atoms. The number of carbonyl (C=O) groups excluding carboxylic acids is 1. The van der Waals surface area contributed by atoms with Gasteiger partial charge in [-0.1, -0.05) is 11.6 Å². The third-order valence-corrected chi connectivity index (χ3v) is 6.95. The van der Waals surface area contributed by atoms with E-state index in [1.807, 2.05) is 12.1 Å². The largest absolute Gasteiger partial charge is 0.357 e. The van der Waals surface area contributed by atoms with Gasteiger partial charge in [0.05, 0.1) is 16.6 Å². The summed E-state index contributed by atoms with van der Waals surface area (Å²) in [6, 6.07) is 7.34. The topological polar surface area (TPSA) is 95.2 Å². The summed E-state index contributed by atoms with van der Waals surface area (Å²) < 4.78 is 27.7. The standard InChI is InChI=1S/C18H17ClN4O3S2/c19-17-2-1-14(27-17)5-8-28(25,26)22-16-4-7-23(18(16)24)11-13-9-12-10-20-6-3-15(12)21-13/h1-4,6,9-10,21-22H,5,7-8,11H2. The van der Waals surface area contributed by atoms with Gasteiger partial charge in [-0.3, -0.25) is 14.5 Å². The van der Waals surface area contributed by atoms with Crippen molar-refractivity contribution in [2.45, 2.75) is 13.0 Å². The molecule has 0 saturated heterocycles. The highest BCUT2D eigenvalue weighted by Crippen LogP contribution is 2.22. The van der Waals surface area contributed by atoms with E-state index in [9.17, 15) is 13.2 Å². The smallest absolute Gasteiger partial charge is 0.271 e. The Morgan fingerprint density at radius 2 is 2.18 bits per heavy atom. The molecule has 28 heavy (non-hydrogen) atoms. The number of nitrogens with one attached hydrogen (secondary N) is 2. The summed E-state index contributed by atoms with van der Waals surface area (Å²) in [4.78, 5) is 22.3. The molecule has 0 aromatic carbocycles. The fourth-order valence-electron chi connectivity index (χ4n) is 3.03. The van der Waals surface area contributed by atoms with Crippen molar-refractivity contribution < 1.29 is 13.2 Å². The molecule has 0 unspecified atom stereocenters. The normalized spacial score (nSPS) is 14.7. The van der Waals surface area contributed by atoms with E-state index in [1.165, 1.54) is 11.3 Å². The molecule has 0 atom stereocenters. The van der Waals surface area contributed by atoms with Crippen LogP contribution in [0.1, 0.15) is 10.6 Å². The van der Waals surface area contributed by atoms with Crippen molar-refractivity contribution in [2.75, 3.05) is 12.3 Å². The summed E-state index contributed by atoms with van der Waals surface area (Å²) in [5.74, 6) is -0.441. The first-order valence-electron chi connectivity index (χ1n) is 8.55. The number of hydrogen-bond donors (Lipinski definition) is 2. The zero-order chi connectivity index (χ0) is 19.7. The lowest BCUT2D eigenvalue weighted by Gasteiger charge is -2.16. The molecule has 3 aromatic rings. The Kier molecular flexibility index (Phi) is 5.13. The van der Waals surface area contributed by atoms with Gasteiger partial charge in [0.1, 0.15) is 5.70 Å². The maximum absolute atomic E-state index is 12.6. The van der Waals surface area contributed by atoms with Gasteiger partial charge in [0.2, 0.25) is 10.0 Å². The highest BCUT2D eigenvalue weighted by molar-refractivity contribution is 7.89. The van der Waals surface area contributed by atoms with Crippen LogP contribution in [0.2, 0.25) is 4.34 Å². The zero-order valence-corrected chi connectivity index (χ0v) is 17.1. The van der Waals surface area contributed by atoms with Gasteiger partial charge in [0.25, 0.3) is 5.91 Å². The molecular formula is C18H17ClN4O3S2. The maximum atomic E-state index is 12.6. The summed E-state index contributed by atoms with van der Waals surface area (Å²) in [7, 11) is -3.62. The van der Waals surface area contributed by atoms with Gasteiger partial charge in [-0.15, -0.1) is 11.3 Å². The number of thiophene rings is 1. The number of aromatic nitrogens is 2. The number of sulfonamides is 1. The fraction of sp³-hybridized carbons (Fsp3) is 0.222. The van der Waals surface area contributed by atoms with Crippen LogP contribution in [0.5, 0.6) is 0 Å². The second-order valence-electron chi connectivity index (χ2n) is 6.44. The Morgan fingerprint density at radius 1 is 1.32 bits per heavy atom. The molecular weight excluding hydrogens is 420 g/mol. The van der Waals surface area contributed by atoms with Crippen LogP contribution in [0.3, 0.4) is 0 Å². The first-order chi connectivity index (χ1) is 13.4. The van der Waals surface area contributed by atoms with Gasteiger partial charge in [0, 0.05) is 40.4 Å². The molecule has 0 fully saturated rings. The number of aryl methyl sites for hydroxylation is 1. The van der Waals surface area contributed by atoms with Gasteiger partial charge in [-0.25, -0.2) is 8.42 Å². The van der Waals surface area contributed by atoms with Crippen molar-refractivity contribution in [1.29, 1.82) is 0 Å². The average Bonchev–Trinajstić information content (AvgIpc) is 3.34. The molecule has 0 radical (unpaired) electrons. The molecule has 146 valence electrons. The first-order valence-corrected chi connectivity index (χ1v) is 11.4. The van der Waals surface area contributed by atoms with E-state index in [2.05, 4.69) is 14.7 Å². The number of halogens is 1. The minimum atomic E-state index is -3.62. The molecule has 7 nitrogen and oxygen atoms in total. The van der Waals surface area contributed by atoms with Crippen molar-refractivity contribution in [2.24, 2.45) is 0 Å². The van der Waals surface area contributed by atoms with Crippen LogP contribution in [0, 0.1) is 0 Å². The zero-order valence-electron chi connectivity index (χ0n) is 14.7. The van der Waals surface area contributed by atoms with E-state index in [1.54, 1.807) is 35.5 Å². The minimum Gasteiger partial charge on any atom is -0.357 e. The summed E-state index contributed by atoms with van der Waals surface area (Å²) >= 11 is 7.21. The van der Waals surface area contributed by atoms with Crippen molar-refractivity contribution in [1.82, 2.24) is 19.6 Å². The quantitative estimate of drug-likeness (QED) is 0.595. The van der Waals surface area contributed by atoms with E-state index in [4.69, 9.17) is 11.6 Å². The predicted octanol–water partition coefficient (Wildman–Crippen LogP) is 2.67. The number of amides is 1. The highest BCUT2D eigenvalue weighted by Gasteiger charge is 2.27. The van der Waals surface area contributed by atoms with Crippen LogP contribution in [0.25, 0.3) is 10.9 Å². The Bertz CT molecular complexity index is 1130. The average molecular weight is 437 g/mol. The maximum Gasteiger partial charge on any atom is 0.271 e. The van der Waals surface area contributed by atoms with Gasteiger partial charge < -0.3 is 9.88 Å². The Morgan fingerprint density at radius 3 is 2.93 bits per heavy atom. The van der Waals surface area contributed by atoms with Crippen LogP contribution >= 0.6 is 22.9 Å². The second kappa shape index (κ2) is 7.57. The molecule has 0 bridgehead atoms. The number of hydrogen-bond acceptors (Lipinski definition) is 5. The van der Waals surface area contributed by atoms with Gasteiger partial charge in [-0.2, -0.15) is 0 Å². The SMILES string of the molecule is O=C1C(NS(=O)(=O)CCc2ccc(Cl)s2)=CCN1Cc1cc2cnccc2[nH]1. The minimum absolute atomic E-state index is 0.0991. The lowest BCUT2D eigenvalue weighted by atomic mass is 10.3. The third-order valence-electron chi connectivity index (χ3n) is 4.38. The van der Waals surface area contributed by atoms with Crippen molar-refractivity contribution in [3.05, 3.63) is 63.3 Å². The molecule has 4 heterocycles. The number of carbonyl (C=O) groups is 1. The van der Waals surface area contributed by atoms with Gasteiger partial charge in [-0.05, 0) is 36.8 Å². The van der Waals surface area contributed by atoms with E-state index >= 15 is 0 Å². The monoisotopic (exact) mass is 436 g/mol. The first kappa shape index (κ1) is 19.0. The number of nitrogens with zero attached hydrogens (tertiary/aromatic N) is 2. The molecule has 2 N–H and O–H groups in total. The summed E-state index contributed by atoms with van der Waals surface area (Å²) in [6.45, 7) is 0.716. The molecule has 0 aliphatic carbocycles. The molecule has 10 heteroatoms. The van der Waals surface area contributed by atoms with E-state index in [0.29, 0.717) is 23.8 Å². The number of H-pyrrole nitrogens is 1. The summed E-state index contributed by atoms with van der Waals surface area (Å²) in [5.41, 5.74) is 1.91. The number of pyridine rings is 1. The molecule has 1 amide bonds. The second-order valence-corrected chi connectivity index (χ2v) is 10.1. The van der Waals surface area contributed by atoms with E-state index < -0.39 is 10.0 Å². The van der Waals surface area contributed by atoms with Crippen LogP contribution in [0.4, 0.5) is 0 Å². The molecule has 4 rings (SSSR count). The summed E-state index contributed by atoms with van der Waals surface area (Å²) in [5, 5.41) is 0.965. The lowest BCUT2D eigenvalue weighted by molar-refractivity contribution is -0.126. The van der Waals surface area contributed by atoms with Crippen molar-refractivity contribution in [3.8, 4) is 0 Å². The number of fused-ring (bicyclic) bond motifs is 1. The Hall–Kier alpha value is -2.36. The van der Waals surface area contributed by atoms with Crippen LogP contribution in [0.15, 0.2) is 48.4 Å². The highest BCUT2D eigenvalue weighted by atomic mass is 35.5. The molecule has 0 saturated carbocycles. The van der Waals surface area contributed by atoms with Crippen LogP contribution < -0.4 is 4.72 Å². The van der Waals surface area contributed by atoms with Crippen LogP contribution in [-0.2, 0) is 27.8 Å². The molecule has 1 aliphatic rings. The Labute approximate surface area is 171 Å². The predicted molar refractivity (Wildman–Crippen MR) is 110 cm³/mol. The van der Waals surface area contributed by atoms with Crippen molar-refractivity contribution in [3.63, 3.8) is 0 Å². The van der Waals surface area contributed by atoms with Crippen molar-refractivity contribution >= 4 is 49.8 Å². The van der Waals surface area contributed by atoms with Crippen LogP contribution in [-0.4, -0.2) is 41.5 Å². The van der Waals surface area contributed by atoms with Gasteiger partial charge >= 0.3 is 0 Å². The molecule has 1 aliphatic heterocycles. The Balaban J connectivity index is 1.36. The van der Waals surface area contributed by atoms with Gasteiger partial charge in [0.15, 0.2) is 0 Å². The lowest BCUT2D eigenvalue weighted by Crippen LogP contribution is -2.34. The number of rotatable bonds is 7. The van der Waals surface area contributed by atoms with E-state index in [0.717, 1.165) is 21.5 Å². The molecule has 3 aromatic heterocycles. The third kappa shape index (κ3) is 4.21. The van der Waals surface area contributed by atoms with E-state index in [-0.39, 0.29) is 17.4 Å². The summed E-state index contributed by atoms with van der Waals surface area (Å²) in [6.07, 6.45) is 5.40.